The molecule has 1 unspecified atom stereocenters. The number of hydrogen-bond acceptors (Lipinski definition) is 6. The molecule has 160 valence electrons. The maximum atomic E-state index is 12.7. The number of piperidine rings is 1. The summed E-state index contributed by atoms with van der Waals surface area (Å²) in [7, 11) is 0. The molecule has 0 aromatic carbocycles. The van der Waals surface area contributed by atoms with E-state index in [1.54, 1.807) is 6.92 Å². The van der Waals surface area contributed by atoms with E-state index >= 15 is 0 Å². The van der Waals surface area contributed by atoms with E-state index in [0.717, 1.165) is 43.7 Å². The molecule has 0 saturated carbocycles. The topological polar surface area (TPSA) is 83.6 Å². The van der Waals surface area contributed by atoms with E-state index < -0.39 is 17.4 Å². The molecular formula is C21H31FN4O3. The van der Waals surface area contributed by atoms with Crippen LogP contribution in [0.1, 0.15) is 50.8 Å². The van der Waals surface area contributed by atoms with Gasteiger partial charge in [-0.05, 0) is 70.2 Å². The number of rotatable bonds is 7. The van der Waals surface area contributed by atoms with Crippen LogP contribution >= 0.6 is 0 Å². The Morgan fingerprint density at radius 3 is 2.86 bits per heavy atom. The first-order valence-corrected chi connectivity index (χ1v) is 10.5. The zero-order valence-corrected chi connectivity index (χ0v) is 17.3. The summed E-state index contributed by atoms with van der Waals surface area (Å²) in [5.74, 6) is 0.157. The third-order valence-electron chi connectivity index (χ3n) is 6.26. The zero-order valence-electron chi connectivity index (χ0n) is 17.3. The molecular weight excluding hydrogens is 375 g/mol. The first-order chi connectivity index (χ1) is 13.9. The van der Waals surface area contributed by atoms with Gasteiger partial charge in [-0.3, -0.25) is 14.6 Å². The Hall–Kier alpha value is -2.22. The van der Waals surface area contributed by atoms with Crippen molar-refractivity contribution in [2.75, 3.05) is 31.5 Å². The third-order valence-corrected chi connectivity index (χ3v) is 6.26. The van der Waals surface area contributed by atoms with Crippen molar-refractivity contribution in [1.82, 2.24) is 15.2 Å². The fourth-order valence-corrected chi connectivity index (χ4v) is 4.04. The Morgan fingerprint density at radius 2 is 2.14 bits per heavy atom. The quantitative estimate of drug-likeness (QED) is 0.677. The highest BCUT2D eigenvalue weighted by atomic mass is 19.3. The van der Waals surface area contributed by atoms with Crippen LogP contribution in [0.5, 0.6) is 0 Å². The minimum atomic E-state index is -0.885. The van der Waals surface area contributed by atoms with Crippen molar-refractivity contribution < 1.29 is 19.1 Å². The molecule has 0 spiro atoms. The average molecular weight is 407 g/mol. The molecule has 1 aromatic heterocycles. The summed E-state index contributed by atoms with van der Waals surface area (Å²) in [6, 6.07) is 3.59. The number of halogens is 1. The van der Waals surface area contributed by atoms with E-state index in [2.05, 4.69) is 32.7 Å². The molecule has 3 rings (SSSR count). The van der Waals surface area contributed by atoms with Crippen molar-refractivity contribution in [3.63, 3.8) is 0 Å². The van der Waals surface area contributed by atoms with Crippen molar-refractivity contribution in [3.05, 3.63) is 23.4 Å². The van der Waals surface area contributed by atoms with Crippen LogP contribution < -0.4 is 10.6 Å². The van der Waals surface area contributed by atoms with Crippen LogP contribution in [0, 0.1) is 5.41 Å². The number of aryl methyl sites for hydroxylation is 2. The molecule has 8 heteroatoms. The van der Waals surface area contributed by atoms with Crippen molar-refractivity contribution in [3.8, 4) is 0 Å². The van der Waals surface area contributed by atoms with Crippen molar-refractivity contribution in [1.29, 1.82) is 0 Å². The number of fused-ring (bicyclic) bond motifs is 1. The van der Waals surface area contributed by atoms with Gasteiger partial charge < -0.3 is 10.6 Å². The number of anilines is 1. The maximum Gasteiger partial charge on any atom is 0.365 e. The van der Waals surface area contributed by atoms with Crippen LogP contribution in [-0.2, 0) is 27.4 Å². The Kier molecular flexibility index (Phi) is 7.05. The van der Waals surface area contributed by atoms with Gasteiger partial charge in [-0.2, -0.15) is 0 Å². The largest absolute Gasteiger partial charge is 0.370 e. The Bertz CT molecular complexity index is 735. The highest BCUT2D eigenvalue weighted by Gasteiger charge is 2.39. The molecule has 0 bridgehead atoms. The van der Waals surface area contributed by atoms with E-state index in [0.29, 0.717) is 32.5 Å². The fraction of sp³-hybridized carbons (Fsp3) is 0.667. The van der Waals surface area contributed by atoms with Gasteiger partial charge in [-0.25, -0.2) is 9.78 Å². The average Bonchev–Trinajstić information content (AvgIpc) is 2.75. The van der Waals surface area contributed by atoms with Crippen LogP contribution in [-0.4, -0.2) is 54.0 Å². The van der Waals surface area contributed by atoms with E-state index in [9.17, 15) is 14.1 Å². The van der Waals surface area contributed by atoms with Crippen LogP contribution in [0.15, 0.2) is 12.1 Å². The summed E-state index contributed by atoms with van der Waals surface area (Å²) >= 11 is 0. The molecule has 2 N–H and O–H groups in total. The second-order valence-corrected chi connectivity index (χ2v) is 8.37. The lowest BCUT2D eigenvalue weighted by atomic mass is 9.79. The van der Waals surface area contributed by atoms with E-state index in [1.807, 2.05) is 11.8 Å². The molecule has 1 fully saturated rings. The number of nitrogens with one attached hydrogen (secondary N) is 2. The smallest absolute Gasteiger partial charge is 0.365 e. The zero-order chi connectivity index (χ0) is 20.9. The number of pyridine rings is 1. The van der Waals surface area contributed by atoms with Crippen molar-refractivity contribution >= 4 is 17.7 Å². The van der Waals surface area contributed by atoms with Crippen LogP contribution in [0.3, 0.4) is 0 Å². The lowest BCUT2D eigenvalue weighted by Gasteiger charge is -2.39. The number of amides is 1. The number of aromatic nitrogens is 1. The van der Waals surface area contributed by atoms with E-state index in [4.69, 9.17) is 0 Å². The van der Waals surface area contributed by atoms with Crippen LogP contribution in [0.25, 0.3) is 0 Å². The first kappa shape index (κ1) is 21.5. The van der Waals surface area contributed by atoms with E-state index in [1.165, 1.54) is 5.56 Å². The minimum Gasteiger partial charge on any atom is -0.370 e. The molecule has 7 nitrogen and oxygen atoms in total. The highest BCUT2D eigenvalue weighted by molar-refractivity contribution is 5.82. The predicted molar refractivity (Wildman–Crippen MR) is 108 cm³/mol. The molecule has 2 aliphatic heterocycles. The minimum absolute atomic E-state index is 0.0398. The fourth-order valence-electron chi connectivity index (χ4n) is 4.04. The normalized spacial score (nSPS) is 19.6. The van der Waals surface area contributed by atoms with Crippen LogP contribution in [0.2, 0.25) is 0 Å². The summed E-state index contributed by atoms with van der Waals surface area (Å²) in [5, 5.41) is 6.40. The second kappa shape index (κ2) is 9.52. The molecule has 1 saturated heterocycles. The SMILES string of the molecule is CC(C(=O)OF)N1CCC(C)(C(=O)NCCCc2ccc3c(n2)NCCC3)CC1. The molecule has 3 heterocycles. The summed E-state index contributed by atoms with van der Waals surface area (Å²) in [6.07, 6.45) is 5.13. The number of nitrogens with zero attached hydrogens (tertiary/aromatic N) is 2. The van der Waals surface area contributed by atoms with Gasteiger partial charge >= 0.3 is 5.97 Å². The van der Waals surface area contributed by atoms with Gasteiger partial charge in [-0.1, -0.05) is 13.0 Å². The molecule has 0 aliphatic carbocycles. The number of likely N-dealkylation sites (tertiary alicyclic amines) is 1. The summed E-state index contributed by atoms with van der Waals surface area (Å²) < 4.78 is 12.1. The Labute approximate surface area is 171 Å². The molecule has 0 radical (unpaired) electrons. The Balaban J connectivity index is 1.41. The predicted octanol–water partition coefficient (Wildman–Crippen LogP) is 2.41. The third kappa shape index (κ3) is 5.23. The first-order valence-electron chi connectivity index (χ1n) is 10.5. The van der Waals surface area contributed by atoms with E-state index in [-0.39, 0.29) is 5.91 Å². The highest BCUT2D eigenvalue weighted by Crippen LogP contribution is 2.32. The maximum absolute atomic E-state index is 12.7. The van der Waals surface area contributed by atoms with Gasteiger partial charge in [0.25, 0.3) is 0 Å². The molecule has 1 atom stereocenters. The number of carbonyl (C=O) groups is 2. The van der Waals surface area contributed by atoms with Gasteiger partial charge in [0.15, 0.2) is 0 Å². The van der Waals surface area contributed by atoms with Gasteiger partial charge in [0.1, 0.15) is 11.9 Å². The lowest BCUT2D eigenvalue weighted by molar-refractivity contribution is -0.190. The van der Waals surface area contributed by atoms with Gasteiger partial charge in [-0.15, -0.1) is 0 Å². The number of carbonyl (C=O) groups excluding carboxylic acids is 2. The molecule has 1 aromatic rings. The Morgan fingerprint density at radius 1 is 1.38 bits per heavy atom. The second-order valence-electron chi connectivity index (χ2n) is 8.37. The monoisotopic (exact) mass is 406 g/mol. The lowest BCUT2D eigenvalue weighted by Crippen LogP contribution is -2.51. The molecule has 1 amide bonds. The summed E-state index contributed by atoms with van der Waals surface area (Å²) in [4.78, 5) is 33.9. The van der Waals surface area contributed by atoms with Gasteiger partial charge in [0, 0.05) is 28.7 Å². The van der Waals surface area contributed by atoms with Crippen molar-refractivity contribution in [2.24, 2.45) is 5.41 Å². The van der Waals surface area contributed by atoms with Crippen LogP contribution in [0.4, 0.5) is 10.3 Å². The molecule has 29 heavy (non-hydrogen) atoms. The summed E-state index contributed by atoms with van der Waals surface area (Å²) in [5.41, 5.74) is 1.85. The standard InChI is InChI=1S/C21H31FN4O3/c1-15(19(27)29-22)26-13-9-21(2,10-14-26)20(28)24-12-4-6-17-8-7-16-5-3-11-23-18(16)25-17/h7-8,15H,3-6,9-14H2,1-2H3,(H,23,25)(H,24,28). The van der Waals surface area contributed by atoms with Gasteiger partial charge in [0.05, 0.1) is 0 Å². The van der Waals surface area contributed by atoms with Gasteiger partial charge in [0.2, 0.25) is 5.91 Å². The van der Waals surface area contributed by atoms with Crippen molar-refractivity contribution in [2.45, 2.75) is 58.4 Å². The number of hydrogen-bond donors (Lipinski definition) is 2. The molecule has 2 aliphatic rings. The summed E-state index contributed by atoms with van der Waals surface area (Å²) in [6.45, 7) is 6.28.